The van der Waals surface area contributed by atoms with Crippen LogP contribution in [0.4, 0.5) is 0 Å². The van der Waals surface area contributed by atoms with Gasteiger partial charge < -0.3 is 4.74 Å². The molecule has 0 spiro atoms. The SMILES string of the molecule is Cc1ccc(C2=C(c3ccccc3)C(c3ccc(Oc4ccc(C5=C(c6ccc(C)cc6)C(=O)C(c6ccc(C)cc6)=C5c5ccccc5)cc4)cc3)=C(c3ccc(C)cc3)C2=O)cc1. The van der Waals surface area contributed by atoms with E-state index in [1.54, 1.807) is 0 Å². The monoisotopic (exact) mass is 838 g/mol. The van der Waals surface area contributed by atoms with E-state index in [0.29, 0.717) is 33.8 Å². The Morgan fingerprint density at radius 2 is 0.431 bits per heavy atom. The van der Waals surface area contributed by atoms with E-state index < -0.39 is 0 Å². The summed E-state index contributed by atoms with van der Waals surface area (Å²) in [6.45, 7) is 8.24. The van der Waals surface area contributed by atoms with Gasteiger partial charge in [-0.15, -0.1) is 0 Å². The summed E-state index contributed by atoms with van der Waals surface area (Å²) in [5, 5.41) is 0. The van der Waals surface area contributed by atoms with E-state index in [9.17, 15) is 9.59 Å². The van der Waals surface area contributed by atoms with Crippen molar-refractivity contribution in [1.82, 2.24) is 0 Å². The van der Waals surface area contributed by atoms with E-state index in [-0.39, 0.29) is 11.6 Å². The highest BCUT2D eigenvalue weighted by atomic mass is 16.5. The van der Waals surface area contributed by atoms with Crippen molar-refractivity contribution in [2.75, 3.05) is 0 Å². The Balaban J connectivity index is 1.04. The lowest BCUT2D eigenvalue weighted by molar-refractivity contribution is -0.109. The molecule has 2 aliphatic carbocycles. The highest BCUT2D eigenvalue weighted by molar-refractivity contribution is 6.60. The number of allylic oxidation sites excluding steroid dienone is 8. The number of rotatable bonds is 10. The maximum absolute atomic E-state index is 14.8. The van der Waals surface area contributed by atoms with Crippen molar-refractivity contribution in [3.8, 4) is 11.5 Å². The van der Waals surface area contributed by atoms with Crippen LogP contribution in [0.1, 0.15) is 66.8 Å². The number of ketones is 2. The number of Topliss-reactive ketones (excluding diaryl/α,β-unsaturated/α-hetero) is 2. The molecular formula is C62H46O3. The molecule has 0 atom stereocenters. The van der Waals surface area contributed by atoms with Crippen LogP contribution >= 0.6 is 0 Å². The van der Waals surface area contributed by atoms with E-state index in [0.717, 1.165) is 89.1 Å². The van der Waals surface area contributed by atoms with Crippen LogP contribution < -0.4 is 4.74 Å². The summed E-state index contributed by atoms with van der Waals surface area (Å²) in [4.78, 5) is 29.7. The van der Waals surface area contributed by atoms with Gasteiger partial charge in [-0.25, -0.2) is 0 Å². The number of carbonyl (C=O) groups excluding carboxylic acids is 2. The first-order valence-electron chi connectivity index (χ1n) is 22.1. The molecule has 8 aromatic rings. The zero-order valence-electron chi connectivity index (χ0n) is 36.9. The molecule has 0 saturated heterocycles. The second kappa shape index (κ2) is 17.2. The molecule has 3 heteroatoms. The molecule has 0 N–H and O–H groups in total. The van der Waals surface area contributed by atoms with Gasteiger partial charge in [0.05, 0.1) is 0 Å². The standard InChI is InChI=1S/C62H46O3/c1-39-15-23-47(24-16-39)57-53(43-11-7-5-8-12-43)55(59(61(57)63)49-27-19-41(3)20-28-49)45-31-35-51(36-32-45)65-52-37-33-46(34-38-52)56-54(44-13-9-6-10-14-44)58(48-25-17-40(2)18-26-48)62(64)60(56)50-29-21-42(4)22-30-50/h5-38H,1-4H3. The average molecular weight is 839 g/mol. The molecule has 0 heterocycles. The number of benzene rings is 8. The summed E-state index contributed by atoms with van der Waals surface area (Å²) >= 11 is 0. The third kappa shape index (κ3) is 7.83. The van der Waals surface area contributed by atoms with E-state index in [1.807, 2.05) is 109 Å². The molecule has 10 rings (SSSR count). The predicted molar refractivity (Wildman–Crippen MR) is 268 cm³/mol. The third-order valence-corrected chi connectivity index (χ3v) is 12.4. The molecule has 8 aromatic carbocycles. The summed E-state index contributed by atoms with van der Waals surface area (Å²) in [6.07, 6.45) is 0. The Morgan fingerprint density at radius 1 is 0.231 bits per heavy atom. The van der Waals surface area contributed by atoms with E-state index in [2.05, 4.69) is 125 Å². The molecule has 312 valence electrons. The second-order valence-corrected chi connectivity index (χ2v) is 17.0. The summed E-state index contributed by atoms with van der Waals surface area (Å²) in [5.41, 5.74) is 18.3. The topological polar surface area (TPSA) is 43.4 Å². The average Bonchev–Trinajstić information content (AvgIpc) is 3.82. The van der Waals surface area contributed by atoms with Crippen LogP contribution in [0, 0.1) is 27.7 Å². The highest BCUT2D eigenvalue weighted by Gasteiger charge is 2.37. The molecule has 0 fully saturated rings. The normalized spacial score (nSPS) is 14.0. The molecular weight excluding hydrogens is 793 g/mol. The predicted octanol–water partition coefficient (Wildman–Crippen LogP) is 14.9. The summed E-state index contributed by atoms with van der Waals surface area (Å²) in [7, 11) is 0. The van der Waals surface area contributed by atoms with Crippen LogP contribution in [0.15, 0.2) is 206 Å². The van der Waals surface area contributed by atoms with Crippen LogP contribution in [0.3, 0.4) is 0 Å². The van der Waals surface area contributed by atoms with Crippen LogP contribution in [0.25, 0.3) is 44.6 Å². The van der Waals surface area contributed by atoms with Gasteiger partial charge in [0.15, 0.2) is 11.6 Å². The Hall–Kier alpha value is -8.14. The van der Waals surface area contributed by atoms with Crippen LogP contribution in [0.2, 0.25) is 0 Å². The molecule has 0 radical (unpaired) electrons. The number of carbonyl (C=O) groups is 2. The van der Waals surface area contributed by atoms with Crippen molar-refractivity contribution in [3.63, 3.8) is 0 Å². The Morgan fingerprint density at radius 3 is 0.677 bits per heavy atom. The lowest BCUT2D eigenvalue weighted by atomic mass is 9.89. The Labute approximate surface area is 381 Å². The third-order valence-electron chi connectivity index (χ3n) is 12.4. The largest absolute Gasteiger partial charge is 0.457 e. The minimum absolute atomic E-state index is 0.00726. The van der Waals surface area contributed by atoms with Gasteiger partial charge in [-0.05, 0) is 96.5 Å². The molecule has 0 amide bonds. The van der Waals surface area contributed by atoms with Gasteiger partial charge in [-0.2, -0.15) is 0 Å². The van der Waals surface area contributed by atoms with Gasteiger partial charge in [0, 0.05) is 44.6 Å². The summed E-state index contributed by atoms with van der Waals surface area (Å²) < 4.78 is 6.54. The van der Waals surface area contributed by atoms with Crippen molar-refractivity contribution in [1.29, 1.82) is 0 Å². The minimum atomic E-state index is 0.00726. The molecule has 3 nitrogen and oxygen atoms in total. The highest BCUT2D eigenvalue weighted by Crippen LogP contribution is 2.52. The fraction of sp³-hybridized carbons (Fsp3) is 0.0645. The fourth-order valence-electron chi connectivity index (χ4n) is 9.07. The number of hydrogen-bond donors (Lipinski definition) is 0. The lowest BCUT2D eigenvalue weighted by Crippen LogP contribution is -2.02. The van der Waals surface area contributed by atoms with Gasteiger partial charge in [0.2, 0.25) is 0 Å². The fourth-order valence-corrected chi connectivity index (χ4v) is 9.07. The molecule has 0 bridgehead atoms. The molecule has 0 aromatic heterocycles. The van der Waals surface area contributed by atoms with Crippen molar-refractivity contribution in [3.05, 3.63) is 273 Å². The quantitative estimate of drug-likeness (QED) is 0.138. The van der Waals surface area contributed by atoms with Crippen molar-refractivity contribution < 1.29 is 14.3 Å². The van der Waals surface area contributed by atoms with Crippen molar-refractivity contribution in [2.24, 2.45) is 0 Å². The minimum Gasteiger partial charge on any atom is -0.457 e. The smallest absolute Gasteiger partial charge is 0.195 e. The maximum Gasteiger partial charge on any atom is 0.195 e. The molecule has 65 heavy (non-hydrogen) atoms. The second-order valence-electron chi connectivity index (χ2n) is 17.0. The first-order valence-corrected chi connectivity index (χ1v) is 22.1. The van der Waals surface area contributed by atoms with Gasteiger partial charge >= 0.3 is 0 Å². The van der Waals surface area contributed by atoms with Crippen LogP contribution in [0.5, 0.6) is 11.5 Å². The van der Waals surface area contributed by atoms with Gasteiger partial charge in [0.1, 0.15) is 11.5 Å². The zero-order valence-corrected chi connectivity index (χ0v) is 36.9. The Bertz CT molecular complexity index is 3010. The molecule has 2 aliphatic rings. The van der Waals surface area contributed by atoms with E-state index in [4.69, 9.17) is 4.74 Å². The Kier molecular flexibility index (Phi) is 10.8. The van der Waals surface area contributed by atoms with Crippen LogP contribution in [-0.4, -0.2) is 11.6 Å². The number of ether oxygens (including phenoxy) is 1. The first kappa shape index (κ1) is 40.9. The summed E-state index contributed by atoms with van der Waals surface area (Å²) in [5.74, 6) is 1.34. The van der Waals surface area contributed by atoms with E-state index in [1.165, 1.54) is 0 Å². The van der Waals surface area contributed by atoms with Gasteiger partial charge in [-0.3, -0.25) is 9.59 Å². The zero-order chi connectivity index (χ0) is 44.6. The van der Waals surface area contributed by atoms with Gasteiger partial charge in [-0.1, -0.05) is 204 Å². The van der Waals surface area contributed by atoms with Gasteiger partial charge in [0.25, 0.3) is 0 Å². The number of hydrogen-bond acceptors (Lipinski definition) is 3. The van der Waals surface area contributed by atoms with Crippen molar-refractivity contribution in [2.45, 2.75) is 27.7 Å². The first-order chi connectivity index (χ1) is 31.7. The lowest BCUT2D eigenvalue weighted by Gasteiger charge is -2.15. The maximum atomic E-state index is 14.8. The van der Waals surface area contributed by atoms with Crippen molar-refractivity contribution >= 4 is 56.2 Å². The number of aryl methyl sites for hydroxylation is 4. The molecule has 0 saturated carbocycles. The van der Waals surface area contributed by atoms with Crippen LogP contribution in [-0.2, 0) is 9.59 Å². The van der Waals surface area contributed by atoms with E-state index >= 15 is 0 Å². The summed E-state index contributed by atoms with van der Waals surface area (Å²) in [6, 6.07) is 69.4. The molecule has 0 aliphatic heterocycles. The molecule has 0 unspecified atom stereocenters.